The first-order chi connectivity index (χ1) is 14.9. The van der Waals surface area contributed by atoms with Crippen molar-refractivity contribution in [2.75, 3.05) is 19.7 Å². The summed E-state index contributed by atoms with van der Waals surface area (Å²) in [5, 5.41) is 3.03. The number of hydrogen-bond acceptors (Lipinski definition) is 3. The number of rotatable bonds is 6. The van der Waals surface area contributed by atoms with Crippen molar-refractivity contribution in [2.24, 2.45) is 11.8 Å². The van der Waals surface area contributed by atoms with Crippen LogP contribution in [0.25, 0.3) is 11.1 Å². The van der Waals surface area contributed by atoms with Gasteiger partial charge >= 0.3 is 0 Å². The molecule has 1 N–H and O–H groups in total. The Balaban J connectivity index is 1.61. The first kappa shape index (κ1) is 21.6. The van der Waals surface area contributed by atoms with Crippen LogP contribution in [0.5, 0.6) is 0 Å². The molecule has 0 aromatic heterocycles. The second-order valence-electron chi connectivity index (χ2n) is 9.29. The van der Waals surface area contributed by atoms with E-state index >= 15 is 0 Å². The number of carbonyl (C=O) groups excluding carboxylic acids is 2. The van der Waals surface area contributed by atoms with Crippen molar-refractivity contribution in [3.63, 3.8) is 0 Å². The molecule has 5 heteroatoms. The molecule has 31 heavy (non-hydrogen) atoms. The van der Waals surface area contributed by atoms with Gasteiger partial charge in [-0.3, -0.25) is 9.59 Å². The molecule has 2 fully saturated rings. The second kappa shape index (κ2) is 8.83. The van der Waals surface area contributed by atoms with Crippen molar-refractivity contribution in [3.05, 3.63) is 60.2 Å². The van der Waals surface area contributed by atoms with Gasteiger partial charge in [0, 0.05) is 24.9 Å². The number of nitrogens with one attached hydrogen (secondary N) is 1. The van der Waals surface area contributed by atoms with Gasteiger partial charge in [0.15, 0.2) is 5.60 Å². The molecular formula is C26H32N2O3. The highest BCUT2D eigenvalue weighted by Crippen LogP contribution is 2.40. The van der Waals surface area contributed by atoms with Gasteiger partial charge in [0.05, 0.1) is 13.2 Å². The standard InChI is InChI=1S/C26H32N2O3/c1-18(2)27-25(30)26(17-28(12-13-31-26)24(29)23-14-19(23)3)16-20-8-7-11-22(15-20)21-9-5-4-6-10-21/h4-11,15,18-19,23H,12-14,16-17H2,1-3H3,(H,27,30)/t19-,23-,26-/m0/s1. The van der Waals surface area contributed by atoms with Crippen molar-refractivity contribution < 1.29 is 14.3 Å². The van der Waals surface area contributed by atoms with E-state index in [1.54, 1.807) is 0 Å². The highest BCUT2D eigenvalue weighted by molar-refractivity contribution is 5.88. The third kappa shape index (κ3) is 4.82. The van der Waals surface area contributed by atoms with Crippen LogP contribution in [0.1, 0.15) is 32.8 Å². The van der Waals surface area contributed by atoms with Gasteiger partial charge in [0.1, 0.15) is 0 Å². The smallest absolute Gasteiger partial charge is 0.254 e. The number of ether oxygens (including phenoxy) is 1. The van der Waals surface area contributed by atoms with Gasteiger partial charge in [-0.2, -0.15) is 0 Å². The van der Waals surface area contributed by atoms with Crippen LogP contribution < -0.4 is 5.32 Å². The Hall–Kier alpha value is -2.66. The summed E-state index contributed by atoms with van der Waals surface area (Å²) >= 11 is 0. The SMILES string of the molecule is CC(C)NC(=O)[C@]1(Cc2cccc(-c3ccccc3)c2)CN(C(=O)[C@H]2C[C@@H]2C)CCO1. The molecule has 1 saturated heterocycles. The maximum Gasteiger partial charge on any atom is 0.254 e. The van der Waals surface area contributed by atoms with E-state index in [4.69, 9.17) is 4.74 Å². The van der Waals surface area contributed by atoms with Gasteiger partial charge in [-0.25, -0.2) is 0 Å². The maximum absolute atomic E-state index is 13.3. The van der Waals surface area contributed by atoms with Crippen molar-refractivity contribution in [1.29, 1.82) is 0 Å². The largest absolute Gasteiger partial charge is 0.361 e. The summed E-state index contributed by atoms with van der Waals surface area (Å²) in [6.07, 6.45) is 1.37. The number of hydrogen-bond donors (Lipinski definition) is 1. The van der Waals surface area contributed by atoms with Gasteiger partial charge in [-0.1, -0.05) is 61.5 Å². The monoisotopic (exact) mass is 420 g/mol. The van der Waals surface area contributed by atoms with E-state index in [2.05, 4.69) is 36.5 Å². The molecule has 2 aromatic carbocycles. The predicted molar refractivity (Wildman–Crippen MR) is 121 cm³/mol. The van der Waals surface area contributed by atoms with Crippen LogP contribution in [0.3, 0.4) is 0 Å². The van der Waals surface area contributed by atoms with E-state index < -0.39 is 5.60 Å². The summed E-state index contributed by atoms with van der Waals surface area (Å²) < 4.78 is 6.18. The number of carbonyl (C=O) groups is 2. The summed E-state index contributed by atoms with van der Waals surface area (Å²) in [6.45, 7) is 7.21. The van der Waals surface area contributed by atoms with Crippen LogP contribution in [0, 0.1) is 11.8 Å². The van der Waals surface area contributed by atoms with E-state index in [0.717, 1.165) is 23.1 Å². The summed E-state index contributed by atoms with van der Waals surface area (Å²) in [6, 6.07) is 18.4. The molecular weight excluding hydrogens is 388 g/mol. The molecule has 2 aromatic rings. The Bertz CT molecular complexity index is 943. The molecule has 0 radical (unpaired) electrons. The molecule has 1 aliphatic carbocycles. The Labute approximate surface area is 184 Å². The summed E-state index contributed by atoms with van der Waals surface area (Å²) in [7, 11) is 0. The Morgan fingerprint density at radius 2 is 1.84 bits per heavy atom. The number of morpholine rings is 1. The predicted octanol–water partition coefficient (Wildman–Crippen LogP) is 3.67. The van der Waals surface area contributed by atoms with Gasteiger partial charge in [-0.15, -0.1) is 0 Å². The Morgan fingerprint density at radius 1 is 1.13 bits per heavy atom. The van der Waals surface area contributed by atoms with Crippen molar-refractivity contribution in [3.8, 4) is 11.1 Å². The van der Waals surface area contributed by atoms with E-state index in [1.165, 1.54) is 0 Å². The van der Waals surface area contributed by atoms with Gasteiger partial charge in [0.2, 0.25) is 5.91 Å². The molecule has 1 heterocycles. The quantitative estimate of drug-likeness (QED) is 0.776. The Kier molecular flexibility index (Phi) is 6.15. The van der Waals surface area contributed by atoms with Crippen LogP contribution in [0.15, 0.2) is 54.6 Å². The van der Waals surface area contributed by atoms with Crippen molar-refractivity contribution >= 4 is 11.8 Å². The third-order valence-electron chi connectivity index (χ3n) is 6.28. The van der Waals surface area contributed by atoms with Crippen LogP contribution >= 0.6 is 0 Å². The van der Waals surface area contributed by atoms with Gasteiger partial charge in [0.25, 0.3) is 5.91 Å². The summed E-state index contributed by atoms with van der Waals surface area (Å²) in [5.41, 5.74) is 2.18. The molecule has 3 atom stereocenters. The van der Waals surface area contributed by atoms with E-state index in [9.17, 15) is 9.59 Å². The van der Waals surface area contributed by atoms with Crippen LogP contribution in [0.2, 0.25) is 0 Å². The summed E-state index contributed by atoms with van der Waals surface area (Å²) in [4.78, 5) is 28.1. The van der Waals surface area contributed by atoms with E-state index in [0.29, 0.717) is 32.0 Å². The van der Waals surface area contributed by atoms with Crippen LogP contribution in [0.4, 0.5) is 0 Å². The van der Waals surface area contributed by atoms with E-state index in [-0.39, 0.29) is 23.8 Å². The van der Waals surface area contributed by atoms with Crippen LogP contribution in [-0.4, -0.2) is 48.1 Å². The third-order valence-corrected chi connectivity index (χ3v) is 6.28. The molecule has 1 aliphatic heterocycles. The lowest BCUT2D eigenvalue weighted by Gasteiger charge is -2.42. The minimum atomic E-state index is -1.08. The zero-order valence-corrected chi connectivity index (χ0v) is 18.6. The zero-order chi connectivity index (χ0) is 22.0. The minimum Gasteiger partial charge on any atom is -0.361 e. The number of benzene rings is 2. The van der Waals surface area contributed by atoms with E-state index in [1.807, 2.05) is 49.1 Å². The molecule has 2 amide bonds. The second-order valence-corrected chi connectivity index (χ2v) is 9.29. The number of amides is 2. The average molecular weight is 421 g/mol. The van der Waals surface area contributed by atoms with Crippen molar-refractivity contribution in [2.45, 2.75) is 45.3 Å². The topological polar surface area (TPSA) is 58.6 Å². The fraction of sp³-hybridized carbons (Fsp3) is 0.462. The maximum atomic E-state index is 13.3. The van der Waals surface area contributed by atoms with Gasteiger partial charge < -0.3 is 15.0 Å². The normalized spacial score (nSPS) is 25.4. The van der Waals surface area contributed by atoms with Crippen LogP contribution in [-0.2, 0) is 20.7 Å². The highest BCUT2D eigenvalue weighted by atomic mass is 16.5. The minimum absolute atomic E-state index is 0.00170. The first-order valence-electron chi connectivity index (χ1n) is 11.3. The molecule has 1 saturated carbocycles. The van der Waals surface area contributed by atoms with Crippen molar-refractivity contribution in [1.82, 2.24) is 10.2 Å². The zero-order valence-electron chi connectivity index (χ0n) is 18.6. The lowest BCUT2D eigenvalue weighted by Crippen LogP contribution is -2.63. The molecule has 2 aliphatic rings. The molecule has 0 unspecified atom stereocenters. The first-order valence-corrected chi connectivity index (χ1v) is 11.3. The molecule has 5 nitrogen and oxygen atoms in total. The lowest BCUT2D eigenvalue weighted by molar-refractivity contribution is -0.167. The summed E-state index contributed by atoms with van der Waals surface area (Å²) in [5.74, 6) is 0.562. The average Bonchev–Trinajstić information content (AvgIpc) is 3.50. The molecule has 0 bridgehead atoms. The van der Waals surface area contributed by atoms with Gasteiger partial charge in [-0.05, 0) is 42.9 Å². The lowest BCUT2D eigenvalue weighted by atomic mass is 9.89. The molecule has 0 spiro atoms. The highest BCUT2D eigenvalue weighted by Gasteiger charge is 2.48. The molecule has 164 valence electrons. The fourth-order valence-electron chi connectivity index (χ4n) is 4.41. The number of nitrogens with zero attached hydrogens (tertiary/aromatic N) is 1. The fourth-order valence-corrected chi connectivity index (χ4v) is 4.41. The molecule has 4 rings (SSSR count). The Morgan fingerprint density at radius 3 is 2.52 bits per heavy atom.